The zero-order chi connectivity index (χ0) is 26.4. The highest BCUT2D eigenvalue weighted by molar-refractivity contribution is 6.07. The van der Waals surface area contributed by atoms with E-state index in [2.05, 4.69) is 9.98 Å². The minimum absolute atomic E-state index is 0.0238. The van der Waals surface area contributed by atoms with Crippen molar-refractivity contribution < 1.29 is 27.8 Å². The van der Waals surface area contributed by atoms with E-state index in [9.17, 15) is 14.0 Å². The van der Waals surface area contributed by atoms with Crippen molar-refractivity contribution in [1.82, 2.24) is 4.98 Å². The fourth-order valence-corrected chi connectivity index (χ4v) is 5.22. The Morgan fingerprint density at radius 2 is 1.78 bits per heavy atom. The molecule has 0 bridgehead atoms. The van der Waals surface area contributed by atoms with Gasteiger partial charge in [0, 0.05) is 35.6 Å². The molecule has 1 aliphatic carbocycles. The van der Waals surface area contributed by atoms with Gasteiger partial charge in [-0.25, -0.2) is 13.6 Å². The predicted molar refractivity (Wildman–Crippen MR) is 135 cm³/mol. The highest BCUT2D eigenvalue weighted by Gasteiger charge is 2.44. The summed E-state index contributed by atoms with van der Waals surface area (Å²) in [6.45, 7) is 3.54. The van der Waals surface area contributed by atoms with Crippen LogP contribution in [0.3, 0.4) is 0 Å². The smallest absolute Gasteiger partial charge is 0.336 e. The molecule has 0 spiro atoms. The zero-order valence-corrected chi connectivity index (χ0v) is 21.2. The van der Waals surface area contributed by atoms with Crippen LogP contribution in [0.2, 0.25) is 0 Å². The minimum atomic E-state index is -1.13. The number of rotatable bonds is 8. The van der Waals surface area contributed by atoms with Gasteiger partial charge >= 0.3 is 11.9 Å². The molecule has 2 heterocycles. The fourth-order valence-electron chi connectivity index (χ4n) is 5.22. The molecule has 0 N–H and O–H groups in total. The molecular weight excluding hydrogens is 478 g/mol. The zero-order valence-electron chi connectivity index (χ0n) is 21.2. The molecule has 2 aliphatic rings. The van der Waals surface area contributed by atoms with Crippen molar-refractivity contribution in [1.29, 1.82) is 0 Å². The van der Waals surface area contributed by atoms with E-state index in [4.69, 9.17) is 9.47 Å². The number of allylic oxidation sites excluding steroid dienone is 1. The second-order valence-electron chi connectivity index (χ2n) is 9.69. The fraction of sp³-hybridized carbons (Fsp3) is 0.448. The standard InChI is InChI=1S/C29H32F2N2O4/c1-18-24(28(34)36-16-14-21-11-6-7-15-32-21)26(22-12-8-13-23(30)27(22)31)25(19(2)33-18)29(35)37-17-20-9-4-3-5-10-20/h6-8,11-13,15,20,25-26H,3-5,9-10,14,16-17H2,1-2H3. The largest absolute Gasteiger partial charge is 0.465 e. The summed E-state index contributed by atoms with van der Waals surface area (Å²) in [5, 5.41) is 0. The molecule has 0 radical (unpaired) electrons. The molecule has 2 atom stereocenters. The summed E-state index contributed by atoms with van der Waals surface area (Å²) in [6, 6.07) is 9.19. The van der Waals surface area contributed by atoms with Gasteiger partial charge in [-0.15, -0.1) is 0 Å². The molecule has 1 aromatic heterocycles. The third-order valence-corrected chi connectivity index (χ3v) is 7.12. The molecule has 6 nitrogen and oxygen atoms in total. The second-order valence-corrected chi connectivity index (χ2v) is 9.69. The number of ether oxygens (including phenoxy) is 2. The van der Waals surface area contributed by atoms with Crippen molar-refractivity contribution in [3.63, 3.8) is 0 Å². The van der Waals surface area contributed by atoms with Gasteiger partial charge in [-0.1, -0.05) is 37.5 Å². The monoisotopic (exact) mass is 510 g/mol. The lowest BCUT2D eigenvalue weighted by Crippen LogP contribution is -2.37. The molecular formula is C29H32F2N2O4. The van der Waals surface area contributed by atoms with E-state index in [1.807, 2.05) is 12.1 Å². The predicted octanol–water partition coefficient (Wildman–Crippen LogP) is 5.72. The van der Waals surface area contributed by atoms with Crippen LogP contribution >= 0.6 is 0 Å². The minimum Gasteiger partial charge on any atom is -0.465 e. The van der Waals surface area contributed by atoms with Crippen LogP contribution in [0.25, 0.3) is 0 Å². The highest BCUT2D eigenvalue weighted by atomic mass is 19.2. The van der Waals surface area contributed by atoms with Crippen LogP contribution in [0.5, 0.6) is 0 Å². The van der Waals surface area contributed by atoms with Gasteiger partial charge < -0.3 is 9.47 Å². The highest BCUT2D eigenvalue weighted by Crippen LogP contribution is 2.41. The number of pyridine rings is 1. The van der Waals surface area contributed by atoms with Gasteiger partial charge in [-0.3, -0.25) is 14.8 Å². The Kier molecular flexibility index (Phi) is 8.79. The summed E-state index contributed by atoms with van der Waals surface area (Å²) < 4.78 is 40.6. The van der Waals surface area contributed by atoms with Crippen molar-refractivity contribution in [2.75, 3.05) is 13.2 Å². The lowest BCUT2D eigenvalue weighted by Gasteiger charge is -2.32. The Morgan fingerprint density at radius 1 is 1.00 bits per heavy atom. The normalized spacial score (nSPS) is 20.4. The summed E-state index contributed by atoms with van der Waals surface area (Å²) in [5.41, 5.74) is 1.34. The van der Waals surface area contributed by atoms with E-state index < -0.39 is 35.4 Å². The molecule has 0 saturated heterocycles. The molecule has 2 aromatic rings. The quantitative estimate of drug-likeness (QED) is 0.425. The number of aromatic nitrogens is 1. The molecule has 1 saturated carbocycles. The topological polar surface area (TPSA) is 77.9 Å². The van der Waals surface area contributed by atoms with Crippen molar-refractivity contribution in [2.24, 2.45) is 16.8 Å². The number of esters is 2. The first-order chi connectivity index (χ1) is 17.9. The molecule has 1 aliphatic heterocycles. The number of hydrogen-bond acceptors (Lipinski definition) is 6. The van der Waals surface area contributed by atoms with E-state index >= 15 is 4.39 Å². The third kappa shape index (κ3) is 6.29. The van der Waals surface area contributed by atoms with Crippen molar-refractivity contribution >= 4 is 17.7 Å². The Morgan fingerprint density at radius 3 is 2.51 bits per heavy atom. The molecule has 0 amide bonds. The van der Waals surface area contributed by atoms with Gasteiger partial charge in [-0.05, 0) is 56.4 Å². The number of carbonyl (C=O) groups is 2. The summed E-state index contributed by atoms with van der Waals surface area (Å²) in [7, 11) is 0. The maximum atomic E-state index is 15.1. The lowest BCUT2D eigenvalue weighted by atomic mass is 9.75. The number of nitrogens with zero attached hydrogens (tertiary/aromatic N) is 2. The molecule has 4 rings (SSSR count). The lowest BCUT2D eigenvalue weighted by molar-refractivity contribution is -0.148. The van der Waals surface area contributed by atoms with E-state index in [-0.39, 0.29) is 30.3 Å². The Bertz CT molecular complexity index is 1190. The molecule has 8 heteroatoms. The first-order valence-corrected chi connectivity index (χ1v) is 12.8. The summed E-state index contributed by atoms with van der Waals surface area (Å²) in [5.74, 6) is -5.45. The molecule has 37 heavy (non-hydrogen) atoms. The van der Waals surface area contributed by atoms with E-state index in [0.717, 1.165) is 37.4 Å². The molecule has 2 unspecified atom stereocenters. The Labute approximate surface area is 215 Å². The number of hydrogen-bond donors (Lipinski definition) is 0. The van der Waals surface area contributed by atoms with Crippen molar-refractivity contribution in [3.05, 3.63) is 76.8 Å². The van der Waals surface area contributed by atoms with Crippen LogP contribution in [0.1, 0.15) is 63.1 Å². The van der Waals surface area contributed by atoms with Gasteiger partial charge in [0.2, 0.25) is 0 Å². The maximum Gasteiger partial charge on any atom is 0.336 e. The first-order valence-electron chi connectivity index (χ1n) is 12.8. The van der Waals surface area contributed by atoms with Crippen LogP contribution in [0.15, 0.2) is 58.9 Å². The average molecular weight is 511 g/mol. The van der Waals surface area contributed by atoms with Crippen LogP contribution < -0.4 is 0 Å². The first kappa shape index (κ1) is 26.6. The van der Waals surface area contributed by atoms with E-state index in [1.165, 1.54) is 18.6 Å². The van der Waals surface area contributed by atoms with Gasteiger partial charge in [0.25, 0.3) is 0 Å². The second kappa shape index (κ2) is 12.2. The summed E-state index contributed by atoms with van der Waals surface area (Å²) >= 11 is 0. The van der Waals surface area contributed by atoms with Crippen LogP contribution in [-0.2, 0) is 25.5 Å². The molecule has 196 valence electrons. The number of benzene rings is 1. The van der Waals surface area contributed by atoms with Crippen molar-refractivity contribution in [2.45, 2.75) is 58.3 Å². The van der Waals surface area contributed by atoms with Gasteiger partial charge in [-0.2, -0.15) is 0 Å². The Balaban J connectivity index is 1.61. The van der Waals surface area contributed by atoms with E-state index in [0.29, 0.717) is 17.8 Å². The van der Waals surface area contributed by atoms with Gasteiger partial charge in [0.1, 0.15) is 5.92 Å². The van der Waals surface area contributed by atoms with Crippen LogP contribution in [0, 0.1) is 23.5 Å². The summed E-state index contributed by atoms with van der Waals surface area (Å²) in [4.78, 5) is 35.4. The van der Waals surface area contributed by atoms with Crippen LogP contribution in [0.4, 0.5) is 8.78 Å². The Hall–Kier alpha value is -3.42. The van der Waals surface area contributed by atoms with Crippen molar-refractivity contribution in [3.8, 4) is 0 Å². The van der Waals surface area contributed by atoms with Gasteiger partial charge in [0.15, 0.2) is 11.6 Å². The maximum absolute atomic E-state index is 15.1. The molecule has 1 fully saturated rings. The van der Waals surface area contributed by atoms with E-state index in [1.54, 1.807) is 26.1 Å². The number of aliphatic imine (C=N–C) groups is 1. The summed E-state index contributed by atoms with van der Waals surface area (Å²) in [6.07, 6.45) is 7.37. The average Bonchev–Trinajstić information content (AvgIpc) is 2.89. The third-order valence-electron chi connectivity index (χ3n) is 7.12. The van der Waals surface area contributed by atoms with Crippen LogP contribution in [-0.4, -0.2) is 35.8 Å². The SMILES string of the molecule is CC1=NC(C)=C(C(=O)OCCc2ccccn2)C(c2cccc(F)c2F)C1C(=O)OCC1CCCCC1. The molecule has 1 aromatic carbocycles. The number of halogens is 2. The number of carbonyl (C=O) groups excluding carboxylic acids is 2. The van der Waals surface area contributed by atoms with Gasteiger partial charge in [0.05, 0.1) is 18.8 Å².